The quantitative estimate of drug-likeness (QED) is 0.366. The summed E-state index contributed by atoms with van der Waals surface area (Å²) in [5.41, 5.74) is 0. The zero-order valence-corrected chi connectivity index (χ0v) is 5.52. The van der Waals surface area contributed by atoms with E-state index >= 15 is 0 Å². The molecule has 4 N–H and O–H groups in total. The van der Waals surface area contributed by atoms with Crippen LogP contribution in [-0.2, 0) is 9.59 Å². The molecule has 1 unspecified atom stereocenters. The summed E-state index contributed by atoms with van der Waals surface area (Å²) in [4.78, 5) is 20.3. The van der Waals surface area contributed by atoms with Crippen molar-refractivity contribution >= 4 is 11.9 Å². The van der Waals surface area contributed by atoms with Gasteiger partial charge in [-0.2, -0.15) is 0 Å². The first kappa shape index (κ1) is 7.96. The largest absolute Gasteiger partial charge is 0.481 e. The van der Waals surface area contributed by atoms with Crippen molar-refractivity contribution < 1.29 is 26.3 Å². The van der Waals surface area contributed by atoms with E-state index in [9.17, 15) is 9.59 Å². The number of hydrogen-bond acceptors (Lipinski definition) is 4. The lowest BCUT2D eigenvalue weighted by Gasteiger charge is -2.08. The molecule has 0 aromatic carbocycles. The minimum Gasteiger partial charge on any atom is -0.481 e. The van der Waals surface area contributed by atoms with E-state index in [1.165, 1.54) is 0 Å². The fourth-order valence-electron chi connectivity index (χ4n) is 0.482. The monoisotopic (exact) mass is 164 g/mol. The van der Waals surface area contributed by atoms with Gasteiger partial charge in [0.25, 0.3) is 0 Å². The SMILES string of the molecule is [2H]C(O)N[C@@H](CC(=O)O)C(=O)O. The molecule has 0 radical (unpaired) electrons. The molecule has 0 aliphatic carbocycles. The molecule has 0 spiro atoms. The number of aliphatic hydroxyl groups is 1. The average Bonchev–Trinajstić information content (AvgIpc) is 1.83. The zero-order valence-electron chi connectivity index (χ0n) is 6.52. The van der Waals surface area contributed by atoms with Gasteiger partial charge in [0.1, 0.15) is 6.04 Å². The number of nitrogens with one attached hydrogen (secondary N) is 1. The highest BCUT2D eigenvalue weighted by molar-refractivity contribution is 5.80. The van der Waals surface area contributed by atoms with Crippen molar-refractivity contribution in [1.29, 1.82) is 0 Å². The first-order valence-electron chi connectivity index (χ1n) is 3.32. The molecule has 0 aromatic rings. The second kappa shape index (κ2) is 4.64. The van der Waals surface area contributed by atoms with Crippen LogP contribution in [0.15, 0.2) is 0 Å². The van der Waals surface area contributed by atoms with Crippen LogP contribution < -0.4 is 5.32 Å². The second-order valence-electron chi connectivity index (χ2n) is 1.78. The Morgan fingerprint density at radius 1 is 1.55 bits per heavy atom. The van der Waals surface area contributed by atoms with Gasteiger partial charge in [-0.05, 0) is 0 Å². The van der Waals surface area contributed by atoms with E-state index in [4.69, 9.17) is 16.7 Å². The van der Waals surface area contributed by atoms with Crippen LogP contribution in [0.1, 0.15) is 7.79 Å². The van der Waals surface area contributed by atoms with Gasteiger partial charge in [-0.15, -0.1) is 0 Å². The smallest absolute Gasteiger partial charge is 0.321 e. The summed E-state index contributed by atoms with van der Waals surface area (Å²) >= 11 is 0. The third-order valence-electron chi connectivity index (χ3n) is 0.953. The summed E-state index contributed by atoms with van der Waals surface area (Å²) in [6.07, 6.45) is -0.675. The van der Waals surface area contributed by atoms with Crippen molar-refractivity contribution in [2.24, 2.45) is 0 Å². The Morgan fingerprint density at radius 2 is 2.09 bits per heavy atom. The number of carbonyl (C=O) groups is 2. The van der Waals surface area contributed by atoms with Crippen molar-refractivity contribution in [2.45, 2.75) is 12.5 Å². The molecule has 6 nitrogen and oxygen atoms in total. The first-order chi connectivity index (χ1) is 5.43. The summed E-state index contributed by atoms with van der Waals surface area (Å²) in [6, 6.07) is -1.44. The first-order valence-corrected chi connectivity index (χ1v) is 2.74. The Labute approximate surface area is 63.9 Å². The summed E-state index contributed by atoms with van der Waals surface area (Å²) < 4.78 is 6.53. The van der Waals surface area contributed by atoms with E-state index in [1.54, 1.807) is 0 Å². The highest BCUT2D eigenvalue weighted by Crippen LogP contribution is 1.90. The van der Waals surface area contributed by atoms with Crippen LogP contribution >= 0.6 is 0 Å². The Bertz CT molecular complexity index is 183. The van der Waals surface area contributed by atoms with Crippen molar-refractivity contribution in [3.05, 3.63) is 0 Å². The van der Waals surface area contributed by atoms with Crippen molar-refractivity contribution in [3.8, 4) is 0 Å². The predicted octanol–water partition coefficient (Wildman–Crippen LogP) is -1.55. The molecular formula is C5H9NO5. The molecule has 0 heterocycles. The number of carboxylic acid groups (broad SMARTS) is 2. The highest BCUT2D eigenvalue weighted by Gasteiger charge is 2.19. The molecule has 64 valence electrons. The third kappa shape index (κ3) is 4.29. The normalized spacial score (nSPS) is 16.6. The van der Waals surface area contributed by atoms with Gasteiger partial charge in [-0.3, -0.25) is 14.9 Å². The van der Waals surface area contributed by atoms with Crippen LogP contribution in [0, 0.1) is 0 Å². The molecule has 0 aliphatic heterocycles. The van der Waals surface area contributed by atoms with E-state index in [1.807, 2.05) is 5.32 Å². The van der Waals surface area contributed by atoms with Crippen molar-refractivity contribution in [2.75, 3.05) is 6.71 Å². The topological polar surface area (TPSA) is 107 Å². The van der Waals surface area contributed by atoms with Gasteiger partial charge >= 0.3 is 11.9 Å². The van der Waals surface area contributed by atoms with Gasteiger partial charge < -0.3 is 15.3 Å². The predicted molar refractivity (Wildman–Crippen MR) is 33.9 cm³/mol. The van der Waals surface area contributed by atoms with Crippen LogP contribution in [0.3, 0.4) is 0 Å². The minimum absolute atomic E-state index is 0.675. The summed E-state index contributed by atoms with van der Waals surface area (Å²) in [5.74, 6) is -2.72. The lowest BCUT2D eigenvalue weighted by Crippen LogP contribution is -2.38. The lowest BCUT2D eigenvalue weighted by atomic mass is 10.2. The zero-order chi connectivity index (χ0) is 9.72. The number of aliphatic carboxylic acids is 2. The van der Waals surface area contributed by atoms with Gasteiger partial charge in [0.2, 0.25) is 0 Å². The Balaban J connectivity index is 4.04. The van der Waals surface area contributed by atoms with Gasteiger partial charge in [-0.25, -0.2) is 0 Å². The Kier molecular flexibility index (Phi) is 3.36. The summed E-state index contributed by atoms with van der Waals surface area (Å²) in [5, 5.41) is 26.8. The van der Waals surface area contributed by atoms with Gasteiger partial charge in [0, 0.05) is 0 Å². The molecule has 6 heteroatoms. The molecule has 11 heavy (non-hydrogen) atoms. The fourth-order valence-corrected chi connectivity index (χ4v) is 0.482. The van der Waals surface area contributed by atoms with E-state index in [-0.39, 0.29) is 0 Å². The molecule has 0 aromatic heterocycles. The fraction of sp³-hybridized carbons (Fsp3) is 0.600. The molecule has 0 saturated heterocycles. The van der Waals surface area contributed by atoms with Crippen LogP contribution in [0.4, 0.5) is 0 Å². The van der Waals surface area contributed by atoms with Crippen LogP contribution in [0.25, 0.3) is 0 Å². The second-order valence-corrected chi connectivity index (χ2v) is 1.78. The minimum atomic E-state index is -1.79. The molecule has 0 fully saturated rings. The van der Waals surface area contributed by atoms with E-state index in [0.717, 1.165) is 0 Å². The highest BCUT2D eigenvalue weighted by atomic mass is 16.4. The number of rotatable bonds is 5. The van der Waals surface area contributed by atoms with Crippen LogP contribution in [0.2, 0.25) is 0 Å². The van der Waals surface area contributed by atoms with Gasteiger partial charge in [0.05, 0.1) is 14.5 Å². The number of hydrogen-bond donors (Lipinski definition) is 4. The molecule has 0 rings (SSSR count). The molecule has 0 bridgehead atoms. The van der Waals surface area contributed by atoms with Crippen molar-refractivity contribution in [3.63, 3.8) is 0 Å². The lowest BCUT2D eigenvalue weighted by molar-refractivity contribution is -0.146. The molecular weight excluding hydrogens is 154 g/mol. The van der Waals surface area contributed by atoms with Gasteiger partial charge in [-0.1, -0.05) is 0 Å². The third-order valence-corrected chi connectivity index (χ3v) is 0.953. The van der Waals surface area contributed by atoms with E-state index < -0.39 is 31.1 Å². The van der Waals surface area contributed by atoms with E-state index in [2.05, 4.69) is 0 Å². The molecule has 2 atom stereocenters. The molecule has 0 amide bonds. The number of aliphatic hydroxyl groups excluding tert-OH is 1. The standard InChI is InChI=1S/C5H9NO5/c7-2-6-3(5(10)11)1-4(8)9/h3,6-7H,1-2H2,(H,8,9)(H,10,11)/t3-/m0/s1/i2D/t2?,3-. The number of carboxylic acids is 2. The molecule has 0 saturated carbocycles. The van der Waals surface area contributed by atoms with Gasteiger partial charge in [0.15, 0.2) is 0 Å². The van der Waals surface area contributed by atoms with Crippen LogP contribution in [0.5, 0.6) is 0 Å². The maximum Gasteiger partial charge on any atom is 0.321 e. The average molecular weight is 164 g/mol. The summed E-state index contributed by atoms with van der Waals surface area (Å²) in [7, 11) is 0. The van der Waals surface area contributed by atoms with Crippen LogP contribution in [-0.4, -0.2) is 40.0 Å². The van der Waals surface area contributed by atoms with Crippen molar-refractivity contribution in [1.82, 2.24) is 5.32 Å². The van der Waals surface area contributed by atoms with E-state index in [0.29, 0.717) is 0 Å². The maximum absolute atomic E-state index is 10.3. The Morgan fingerprint density at radius 3 is 2.36 bits per heavy atom. The molecule has 0 aliphatic rings. The maximum atomic E-state index is 10.3. The Hall–Kier alpha value is -1.14. The summed E-state index contributed by atoms with van der Waals surface area (Å²) in [6.45, 7) is -1.79.